The molecule has 1 amide bonds. The Labute approximate surface area is 255 Å². The van der Waals surface area contributed by atoms with Gasteiger partial charge < -0.3 is 10.4 Å². The van der Waals surface area contributed by atoms with Crippen LogP contribution >= 0.6 is 23.2 Å². The van der Waals surface area contributed by atoms with Crippen LogP contribution in [0.25, 0.3) is 11.1 Å². The SMILES string of the molecule is O=C(NC(Cc1ccc(Cl)cc1)C(=O)O)C(=CC(=O)c1ccc(-c2ccccc2)cc1)Cc1ccc(Cl)c(C(F)(F)F)c1. The second kappa shape index (κ2) is 13.7. The summed E-state index contributed by atoms with van der Waals surface area (Å²) in [7, 11) is 0. The Morgan fingerprint density at radius 2 is 1.42 bits per heavy atom. The highest BCUT2D eigenvalue weighted by molar-refractivity contribution is 6.31. The number of aliphatic carboxylic acids is 1. The molecule has 0 fully saturated rings. The number of hydrogen-bond acceptors (Lipinski definition) is 3. The zero-order chi connectivity index (χ0) is 31.1. The summed E-state index contributed by atoms with van der Waals surface area (Å²) in [5.74, 6) is -2.84. The van der Waals surface area contributed by atoms with Crippen LogP contribution in [0.4, 0.5) is 13.2 Å². The average molecular weight is 626 g/mol. The van der Waals surface area contributed by atoms with Crippen molar-refractivity contribution in [2.75, 3.05) is 0 Å². The van der Waals surface area contributed by atoms with E-state index in [4.69, 9.17) is 23.2 Å². The molecule has 10 heteroatoms. The molecule has 5 nitrogen and oxygen atoms in total. The lowest BCUT2D eigenvalue weighted by Crippen LogP contribution is -2.43. The molecular weight excluding hydrogens is 602 g/mol. The first kappa shape index (κ1) is 31.5. The molecule has 0 aliphatic heterocycles. The Morgan fingerprint density at radius 3 is 2.02 bits per heavy atom. The van der Waals surface area contributed by atoms with Gasteiger partial charge in [-0.15, -0.1) is 0 Å². The van der Waals surface area contributed by atoms with Gasteiger partial charge in [-0.3, -0.25) is 9.59 Å². The Kier molecular flexibility index (Phi) is 10.1. The van der Waals surface area contributed by atoms with Crippen molar-refractivity contribution >= 4 is 40.9 Å². The molecule has 4 aromatic rings. The van der Waals surface area contributed by atoms with E-state index >= 15 is 0 Å². The van der Waals surface area contributed by atoms with Gasteiger partial charge in [0.25, 0.3) is 0 Å². The normalized spacial score (nSPS) is 12.4. The lowest BCUT2D eigenvalue weighted by atomic mass is 9.97. The summed E-state index contributed by atoms with van der Waals surface area (Å²) in [6.07, 6.45) is -4.23. The minimum Gasteiger partial charge on any atom is -0.480 e. The van der Waals surface area contributed by atoms with Crippen molar-refractivity contribution in [3.63, 3.8) is 0 Å². The Morgan fingerprint density at radius 1 is 0.814 bits per heavy atom. The fraction of sp³-hybridized carbons (Fsp3) is 0.121. The predicted molar refractivity (Wildman–Crippen MR) is 159 cm³/mol. The van der Waals surface area contributed by atoms with Crippen LogP contribution in [0.5, 0.6) is 0 Å². The zero-order valence-electron chi connectivity index (χ0n) is 22.4. The van der Waals surface area contributed by atoms with Gasteiger partial charge >= 0.3 is 12.1 Å². The third-order valence-corrected chi connectivity index (χ3v) is 7.14. The third kappa shape index (κ3) is 8.56. The Balaban J connectivity index is 1.65. The number of ketones is 1. The molecule has 0 saturated heterocycles. The van der Waals surface area contributed by atoms with E-state index in [0.29, 0.717) is 10.6 Å². The van der Waals surface area contributed by atoms with E-state index in [-0.39, 0.29) is 23.1 Å². The molecular formula is C33H24Cl2F3NO4. The second-order valence-corrected chi connectivity index (χ2v) is 10.5. The monoisotopic (exact) mass is 625 g/mol. The van der Waals surface area contributed by atoms with Gasteiger partial charge in [-0.05, 0) is 52.6 Å². The Hall–Kier alpha value is -4.40. The van der Waals surface area contributed by atoms with E-state index in [2.05, 4.69) is 5.32 Å². The van der Waals surface area contributed by atoms with Crippen molar-refractivity contribution in [1.82, 2.24) is 5.32 Å². The van der Waals surface area contributed by atoms with Gasteiger partial charge in [0.15, 0.2) is 5.78 Å². The molecule has 2 N–H and O–H groups in total. The van der Waals surface area contributed by atoms with Crippen LogP contribution in [0.3, 0.4) is 0 Å². The first-order valence-corrected chi connectivity index (χ1v) is 13.7. The van der Waals surface area contributed by atoms with Crippen molar-refractivity contribution in [3.8, 4) is 11.1 Å². The number of halogens is 5. The molecule has 1 atom stereocenters. The molecule has 0 saturated carbocycles. The van der Waals surface area contributed by atoms with E-state index in [9.17, 15) is 32.7 Å². The first-order valence-electron chi connectivity index (χ1n) is 12.9. The van der Waals surface area contributed by atoms with Gasteiger partial charge in [-0.25, -0.2) is 4.79 Å². The summed E-state index contributed by atoms with van der Waals surface area (Å²) in [5.41, 5.74) is 1.31. The van der Waals surface area contributed by atoms with Crippen molar-refractivity contribution in [3.05, 3.63) is 141 Å². The lowest BCUT2D eigenvalue weighted by molar-refractivity contribution is -0.141. The van der Waals surface area contributed by atoms with Crippen LogP contribution < -0.4 is 5.32 Å². The Bertz CT molecular complexity index is 1650. The zero-order valence-corrected chi connectivity index (χ0v) is 23.9. The van der Waals surface area contributed by atoms with Gasteiger partial charge in [0, 0.05) is 29.0 Å². The summed E-state index contributed by atoms with van der Waals surface area (Å²) >= 11 is 11.6. The molecule has 4 aromatic carbocycles. The summed E-state index contributed by atoms with van der Waals surface area (Å²) in [6, 6.07) is 24.2. The van der Waals surface area contributed by atoms with Gasteiger partial charge in [0.1, 0.15) is 6.04 Å². The quantitative estimate of drug-likeness (QED) is 0.139. The molecule has 0 radical (unpaired) electrons. The van der Waals surface area contributed by atoms with Crippen LogP contribution in [0.1, 0.15) is 27.0 Å². The maximum Gasteiger partial charge on any atom is 0.417 e. The summed E-state index contributed by atoms with van der Waals surface area (Å²) in [6.45, 7) is 0. The van der Waals surface area contributed by atoms with E-state index in [1.54, 1.807) is 48.5 Å². The smallest absolute Gasteiger partial charge is 0.417 e. The number of carbonyl (C=O) groups is 3. The molecule has 0 aliphatic rings. The maximum absolute atomic E-state index is 13.5. The molecule has 0 spiro atoms. The number of hydrogen-bond donors (Lipinski definition) is 2. The minimum absolute atomic E-state index is 0.0509. The number of amides is 1. The summed E-state index contributed by atoms with van der Waals surface area (Å²) < 4.78 is 40.5. The molecule has 0 heterocycles. The maximum atomic E-state index is 13.5. The van der Waals surface area contributed by atoms with Crippen molar-refractivity contribution in [1.29, 1.82) is 0 Å². The summed E-state index contributed by atoms with van der Waals surface area (Å²) in [5, 5.41) is 12.1. The fourth-order valence-electron chi connectivity index (χ4n) is 4.32. The van der Waals surface area contributed by atoms with Crippen molar-refractivity contribution < 1.29 is 32.7 Å². The number of benzene rings is 4. The molecule has 220 valence electrons. The number of carboxylic acid groups (broad SMARTS) is 1. The highest BCUT2D eigenvalue weighted by Crippen LogP contribution is 2.35. The fourth-order valence-corrected chi connectivity index (χ4v) is 4.67. The first-order chi connectivity index (χ1) is 20.4. The van der Waals surface area contributed by atoms with Crippen molar-refractivity contribution in [2.24, 2.45) is 0 Å². The number of nitrogens with one attached hydrogen (secondary N) is 1. The van der Waals surface area contributed by atoms with Gasteiger partial charge in [0.2, 0.25) is 5.91 Å². The highest BCUT2D eigenvalue weighted by Gasteiger charge is 2.33. The van der Waals surface area contributed by atoms with Crippen LogP contribution in [0.2, 0.25) is 10.0 Å². The average Bonchev–Trinajstić information content (AvgIpc) is 2.98. The van der Waals surface area contributed by atoms with E-state index in [1.165, 1.54) is 6.07 Å². The molecule has 0 aromatic heterocycles. The van der Waals surface area contributed by atoms with E-state index in [0.717, 1.165) is 29.3 Å². The predicted octanol–water partition coefficient (Wildman–Crippen LogP) is 7.84. The number of rotatable bonds is 10. The molecule has 0 aliphatic carbocycles. The standard InChI is InChI=1S/C33H24Cl2F3NO4/c34-26-13-6-20(7-14-26)18-29(32(42)43)39-31(41)25(16-21-8-15-28(35)27(17-21)33(36,37)38)19-30(40)24-11-9-23(10-12-24)22-4-2-1-3-5-22/h1-15,17,19,29H,16,18H2,(H,39,41)(H,42,43). The van der Waals surface area contributed by atoms with Crippen LogP contribution in [0.15, 0.2) is 109 Å². The van der Waals surface area contributed by atoms with Crippen LogP contribution in [-0.4, -0.2) is 28.8 Å². The molecule has 1 unspecified atom stereocenters. The van der Waals surface area contributed by atoms with Crippen LogP contribution in [0, 0.1) is 0 Å². The van der Waals surface area contributed by atoms with Gasteiger partial charge in [-0.2, -0.15) is 13.2 Å². The largest absolute Gasteiger partial charge is 0.480 e. The van der Waals surface area contributed by atoms with E-state index in [1.807, 2.05) is 30.3 Å². The van der Waals surface area contributed by atoms with Crippen molar-refractivity contribution in [2.45, 2.75) is 25.1 Å². The molecule has 4 rings (SSSR count). The van der Waals surface area contributed by atoms with Gasteiger partial charge in [0.05, 0.1) is 10.6 Å². The number of carbonyl (C=O) groups excluding carboxylic acids is 2. The molecule has 0 bridgehead atoms. The van der Waals surface area contributed by atoms with Gasteiger partial charge in [-0.1, -0.05) is 96.0 Å². The topological polar surface area (TPSA) is 83.5 Å². The highest BCUT2D eigenvalue weighted by atomic mass is 35.5. The third-order valence-electron chi connectivity index (χ3n) is 6.56. The molecule has 43 heavy (non-hydrogen) atoms. The second-order valence-electron chi connectivity index (χ2n) is 9.66. The van der Waals surface area contributed by atoms with E-state index < -0.39 is 46.9 Å². The number of alkyl halides is 3. The number of allylic oxidation sites excluding steroid dienone is 1. The number of carboxylic acids is 1. The summed E-state index contributed by atoms with van der Waals surface area (Å²) in [4.78, 5) is 38.6. The lowest BCUT2D eigenvalue weighted by Gasteiger charge is -2.17. The minimum atomic E-state index is -4.75. The van der Waals surface area contributed by atoms with Crippen LogP contribution in [-0.2, 0) is 28.6 Å².